The van der Waals surface area contributed by atoms with Gasteiger partial charge in [0.2, 0.25) is 0 Å². The fraction of sp³-hybridized carbons (Fsp3) is 0.0244. The van der Waals surface area contributed by atoms with Gasteiger partial charge in [0.05, 0.1) is 11.4 Å². The molecule has 43 heavy (non-hydrogen) atoms. The minimum absolute atomic E-state index is 0.883. The summed E-state index contributed by atoms with van der Waals surface area (Å²) in [4.78, 5) is 9.34. The van der Waals surface area contributed by atoms with E-state index < -0.39 is 0 Å². The van der Waals surface area contributed by atoms with Crippen molar-refractivity contribution in [2.75, 3.05) is 0 Å². The molecule has 0 unspecified atom stereocenters. The second-order valence-corrected chi connectivity index (χ2v) is 11.0. The molecule has 2 nitrogen and oxygen atoms in total. The molecule has 0 spiro atoms. The third kappa shape index (κ3) is 4.36. The summed E-state index contributed by atoms with van der Waals surface area (Å²) in [5, 5.41) is 7.57. The molecule has 0 N–H and O–H groups in total. The molecule has 2 aromatic heterocycles. The van der Waals surface area contributed by atoms with E-state index in [1.165, 1.54) is 54.6 Å². The Balaban J connectivity index is 1.27. The zero-order valence-electron chi connectivity index (χ0n) is 23.8. The van der Waals surface area contributed by atoms with Crippen LogP contribution in [0.3, 0.4) is 0 Å². The summed E-state index contributed by atoms with van der Waals surface area (Å²) in [7, 11) is 0. The van der Waals surface area contributed by atoms with E-state index in [0.29, 0.717) is 0 Å². The molecule has 2 heterocycles. The predicted molar refractivity (Wildman–Crippen MR) is 181 cm³/mol. The van der Waals surface area contributed by atoms with Crippen LogP contribution in [0.2, 0.25) is 0 Å². The molecule has 2 heteroatoms. The van der Waals surface area contributed by atoms with E-state index in [1.807, 2.05) is 31.3 Å². The van der Waals surface area contributed by atoms with E-state index in [9.17, 15) is 0 Å². The first-order chi connectivity index (χ1) is 21.2. The lowest BCUT2D eigenvalue weighted by Crippen LogP contribution is -1.92. The number of rotatable bonds is 4. The topological polar surface area (TPSA) is 25.8 Å². The Hall–Kier alpha value is -5.60. The fourth-order valence-electron chi connectivity index (χ4n) is 6.40. The highest BCUT2D eigenvalue weighted by Crippen LogP contribution is 2.45. The summed E-state index contributed by atoms with van der Waals surface area (Å²) in [6.07, 6.45) is 1.94. The molecule has 0 aliphatic heterocycles. The predicted octanol–water partition coefficient (Wildman–Crippen LogP) is 10.9. The summed E-state index contributed by atoms with van der Waals surface area (Å²) < 4.78 is 0. The van der Waals surface area contributed by atoms with Crippen molar-refractivity contribution in [2.24, 2.45) is 0 Å². The molecule has 0 atom stereocenters. The van der Waals surface area contributed by atoms with Gasteiger partial charge in [-0.1, -0.05) is 127 Å². The molecular weight excluding hydrogens is 520 g/mol. The van der Waals surface area contributed by atoms with Crippen molar-refractivity contribution < 1.29 is 0 Å². The van der Waals surface area contributed by atoms with Crippen LogP contribution in [0.1, 0.15) is 5.69 Å². The van der Waals surface area contributed by atoms with Crippen molar-refractivity contribution in [2.45, 2.75) is 6.92 Å². The van der Waals surface area contributed by atoms with Crippen LogP contribution in [0.5, 0.6) is 0 Å². The highest BCUT2D eigenvalue weighted by atomic mass is 14.8. The van der Waals surface area contributed by atoms with Crippen molar-refractivity contribution in [1.29, 1.82) is 0 Å². The molecule has 0 aliphatic carbocycles. The molecular formula is C41H28N2. The normalized spacial score (nSPS) is 11.4. The lowest BCUT2D eigenvalue weighted by atomic mass is 9.84. The maximum Gasteiger partial charge on any atom is 0.0889 e. The van der Waals surface area contributed by atoms with Gasteiger partial charge in [0, 0.05) is 17.5 Å². The van der Waals surface area contributed by atoms with Gasteiger partial charge >= 0.3 is 0 Å². The van der Waals surface area contributed by atoms with E-state index in [0.717, 1.165) is 28.2 Å². The molecule has 0 saturated heterocycles. The van der Waals surface area contributed by atoms with Crippen molar-refractivity contribution in [1.82, 2.24) is 9.97 Å². The standard InChI is InChI=1S/C41H28N2/c1-27-10-8-19-39(43-27)38-25-24-31(26-42-38)28-20-22-30(23-21-28)40-34-14-4-6-16-36(34)41(37-17-7-5-15-35(37)40)33-18-9-12-29-11-2-3-13-32(29)33/h2-26H,1H3. The molecule has 8 rings (SSSR count). The maximum atomic E-state index is 4.73. The monoisotopic (exact) mass is 548 g/mol. The van der Waals surface area contributed by atoms with Crippen molar-refractivity contribution in [3.05, 3.63) is 157 Å². The SMILES string of the molecule is Cc1cccc(-c2ccc(-c3ccc(-c4c5ccccc5c(-c5cccc6ccccc56)c5ccccc45)cc3)cn2)n1. The van der Waals surface area contributed by atoms with E-state index >= 15 is 0 Å². The van der Waals surface area contributed by atoms with Gasteiger partial charge in [-0.05, 0) is 85.3 Å². The van der Waals surface area contributed by atoms with Gasteiger partial charge < -0.3 is 0 Å². The van der Waals surface area contributed by atoms with Crippen LogP contribution in [0.4, 0.5) is 0 Å². The summed E-state index contributed by atoms with van der Waals surface area (Å²) in [5.41, 5.74) is 10.0. The Morgan fingerprint density at radius 3 is 1.60 bits per heavy atom. The van der Waals surface area contributed by atoms with Gasteiger partial charge in [0.1, 0.15) is 0 Å². The van der Waals surface area contributed by atoms with Crippen molar-refractivity contribution in [3.63, 3.8) is 0 Å². The second kappa shape index (κ2) is 10.3. The minimum Gasteiger partial charge on any atom is -0.254 e. The molecule has 0 radical (unpaired) electrons. The van der Waals surface area contributed by atoms with E-state index in [4.69, 9.17) is 4.98 Å². The van der Waals surface area contributed by atoms with Crippen LogP contribution in [0.25, 0.3) is 77.1 Å². The Morgan fingerprint density at radius 1 is 0.395 bits per heavy atom. The van der Waals surface area contributed by atoms with Gasteiger partial charge in [0.15, 0.2) is 0 Å². The van der Waals surface area contributed by atoms with Gasteiger partial charge in [-0.2, -0.15) is 0 Å². The molecule has 202 valence electrons. The van der Waals surface area contributed by atoms with E-state index in [1.54, 1.807) is 0 Å². The number of nitrogens with zero attached hydrogens (tertiary/aromatic N) is 2. The van der Waals surface area contributed by atoms with Crippen LogP contribution in [-0.4, -0.2) is 9.97 Å². The summed E-state index contributed by atoms with van der Waals surface area (Å²) in [5.74, 6) is 0. The lowest BCUT2D eigenvalue weighted by molar-refractivity contribution is 1.18. The van der Waals surface area contributed by atoms with Crippen LogP contribution in [0, 0.1) is 6.92 Å². The number of aryl methyl sites for hydroxylation is 1. The first-order valence-corrected chi connectivity index (χ1v) is 14.7. The Labute approximate surface area is 251 Å². The quantitative estimate of drug-likeness (QED) is 0.204. The average Bonchev–Trinajstić information content (AvgIpc) is 3.07. The number of hydrogen-bond donors (Lipinski definition) is 0. The van der Waals surface area contributed by atoms with Crippen molar-refractivity contribution >= 4 is 32.3 Å². The smallest absolute Gasteiger partial charge is 0.0889 e. The number of pyridine rings is 2. The molecule has 0 amide bonds. The lowest BCUT2D eigenvalue weighted by Gasteiger charge is -2.19. The van der Waals surface area contributed by atoms with E-state index in [-0.39, 0.29) is 0 Å². The molecule has 0 fully saturated rings. The molecule has 0 bridgehead atoms. The highest BCUT2D eigenvalue weighted by molar-refractivity contribution is 6.23. The zero-order valence-corrected chi connectivity index (χ0v) is 23.8. The van der Waals surface area contributed by atoms with Gasteiger partial charge in [0.25, 0.3) is 0 Å². The van der Waals surface area contributed by atoms with Crippen LogP contribution >= 0.6 is 0 Å². The maximum absolute atomic E-state index is 4.73. The minimum atomic E-state index is 0.883. The molecule has 8 aromatic rings. The average molecular weight is 549 g/mol. The number of benzene rings is 6. The van der Waals surface area contributed by atoms with Gasteiger partial charge in [-0.15, -0.1) is 0 Å². The largest absolute Gasteiger partial charge is 0.254 e. The van der Waals surface area contributed by atoms with Gasteiger partial charge in [-0.3, -0.25) is 9.97 Å². The summed E-state index contributed by atoms with van der Waals surface area (Å²) >= 11 is 0. The van der Waals surface area contributed by atoms with Crippen LogP contribution in [0.15, 0.2) is 152 Å². The Kier molecular flexibility index (Phi) is 6.05. The highest BCUT2D eigenvalue weighted by Gasteiger charge is 2.17. The van der Waals surface area contributed by atoms with E-state index in [2.05, 4.69) is 132 Å². The summed E-state index contributed by atoms with van der Waals surface area (Å²) in [6.45, 7) is 2.00. The first kappa shape index (κ1) is 25.1. The Bertz CT molecular complexity index is 2220. The zero-order chi connectivity index (χ0) is 28.8. The second-order valence-electron chi connectivity index (χ2n) is 11.0. The first-order valence-electron chi connectivity index (χ1n) is 14.7. The molecule has 0 saturated carbocycles. The fourth-order valence-corrected chi connectivity index (χ4v) is 6.40. The van der Waals surface area contributed by atoms with Gasteiger partial charge in [-0.25, -0.2) is 0 Å². The number of fused-ring (bicyclic) bond motifs is 3. The Morgan fingerprint density at radius 2 is 0.953 bits per heavy atom. The third-order valence-electron chi connectivity index (χ3n) is 8.41. The van der Waals surface area contributed by atoms with Crippen molar-refractivity contribution in [3.8, 4) is 44.8 Å². The molecule has 0 aliphatic rings. The van der Waals surface area contributed by atoms with Crippen LogP contribution in [-0.2, 0) is 0 Å². The number of aromatic nitrogens is 2. The summed E-state index contributed by atoms with van der Waals surface area (Å²) in [6, 6.07) is 52.1. The number of hydrogen-bond acceptors (Lipinski definition) is 2. The third-order valence-corrected chi connectivity index (χ3v) is 8.41. The van der Waals surface area contributed by atoms with Crippen LogP contribution < -0.4 is 0 Å². The molecule has 6 aromatic carbocycles.